The Labute approximate surface area is 178 Å². The van der Waals surface area contributed by atoms with Crippen molar-refractivity contribution in [2.45, 2.75) is 20.0 Å². The maximum Gasteiger partial charge on any atom is 0.344 e. The molecule has 5 rings (SSSR count). The van der Waals surface area contributed by atoms with E-state index in [0.717, 1.165) is 27.5 Å². The molecule has 2 aliphatic rings. The third-order valence-corrected chi connectivity index (χ3v) is 6.00. The molecule has 3 aromatic rings. The van der Waals surface area contributed by atoms with Crippen LogP contribution in [0.5, 0.6) is 0 Å². The molecule has 1 aliphatic carbocycles. The number of ether oxygens (including phenoxy) is 1. The van der Waals surface area contributed by atoms with Crippen molar-refractivity contribution in [1.29, 1.82) is 0 Å². The topological polar surface area (TPSA) is 72.0 Å². The molecule has 2 atom stereocenters. The van der Waals surface area contributed by atoms with E-state index >= 15 is 0 Å². The van der Waals surface area contributed by atoms with Crippen LogP contribution in [0, 0.1) is 12.8 Å². The molecule has 0 bridgehead atoms. The average molecular weight is 411 g/mol. The summed E-state index contributed by atoms with van der Waals surface area (Å²) in [5.74, 6) is 0.505. The molecule has 5 nitrogen and oxygen atoms in total. The number of hydrogen-bond donors (Lipinski definition) is 1. The van der Waals surface area contributed by atoms with E-state index in [2.05, 4.69) is 11.2 Å². The van der Waals surface area contributed by atoms with Gasteiger partial charge < -0.3 is 14.4 Å². The van der Waals surface area contributed by atoms with Crippen LogP contribution in [0.15, 0.2) is 86.4 Å². The largest absolute Gasteiger partial charge is 0.483 e. The Balaban J connectivity index is 1.65. The van der Waals surface area contributed by atoms with E-state index in [0.29, 0.717) is 22.4 Å². The second-order valence-corrected chi connectivity index (χ2v) is 7.80. The Kier molecular flexibility index (Phi) is 4.59. The van der Waals surface area contributed by atoms with Gasteiger partial charge in [-0.05, 0) is 30.5 Å². The lowest BCUT2D eigenvalue weighted by molar-refractivity contribution is 0.191. The highest BCUT2D eigenvalue weighted by atomic mass is 16.5. The minimum atomic E-state index is -0.365. The third-order valence-electron chi connectivity index (χ3n) is 6.00. The number of allylic oxidation sites excluding steroid dienone is 1. The normalized spacial score (nSPS) is 19.7. The summed E-state index contributed by atoms with van der Waals surface area (Å²) in [6.45, 7) is 3.93. The summed E-state index contributed by atoms with van der Waals surface area (Å²) < 4.78 is 11.9. The van der Waals surface area contributed by atoms with E-state index in [4.69, 9.17) is 9.15 Å². The van der Waals surface area contributed by atoms with Gasteiger partial charge >= 0.3 is 5.63 Å². The van der Waals surface area contributed by atoms with Crippen molar-refractivity contribution in [3.8, 4) is 11.1 Å². The number of rotatable bonds is 3. The molecule has 0 spiro atoms. The third kappa shape index (κ3) is 3.10. The molecule has 0 fully saturated rings. The van der Waals surface area contributed by atoms with Gasteiger partial charge in [-0.2, -0.15) is 0 Å². The Morgan fingerprint density at radius 1 is 0.968 bits per heavy atom. The van der Waals surface area contributed by atoms with E-state index in [1.807, 2.05) is 80.6 Å². The molecule has 0 saturated carbocycles. The van der Waals surface area contributed by atoms with Crippen LogP contribution in [0.3, 0.4) is 0 Å². The summed E-state index contributed by atoms with van der Waals surface area (Å²) in [7, 11) is 0. The molecule has 5 heteroatoms. The van der Waals surface area contributed by atoms with Gasteiger partial charge in [0.15, 0.2) is 5.71 Å². The van der Waals surface area contributed by atoms with Crippen molar-refractivity contribution in [1.82, 2.24) is 0 Å². The summed E-state index contributed by atoms with van der Waals surface area (Å²) >= 11 is 0. The van der Waals surface area contributed by atoms with E-state index < -0.39 is 0 Å². The van der Waals surface area contributed by atoms with Gasteiger partial charge in [0.1, 0.15) is 17.3 Å². The fourth-order valence-corrected chi connectivity index (χ4v) is 4.41. The van der Waals surface area contributed by atoms with Crippen LogP contribution in [-0.4, -0.2) is 17.0 Å². The highest BCUT2D eigenvalue weighted by molar-refractivity contribution is 6.12. The number of benzene rings is 2. The first-order chi connectivity index (χ1) is 15.1. The average Bonchev–Trinajstić information content (AvgIpc) is 3.10. The van der Waals surface area contributed by atoms with Gasteiger partial charge in [-0.25, -0.2) is 4.79 Å². The van der Waals surface area contributed by atoms with Crippen molar-refractivity contribution < 1.29 is 14.4 Å². The minimum absolute atomic E-state index is 0.0435. The SMILES string of the molecule is CC1=C(/C(=N\O)c2ccccc2)O[C@@H]2C=c3oc(=O)c(-c4ccccc4)c(C)c3=C[C@H]12. The van der Waals surface area contributed by atoms with Gasteiger partial charge in [0.05, 0.1) is 5.56 Å². The minimum Gasteiger partial charge on any atom is -0.483 e. The monoisotopic (exact) mass is 411 g/mol. The van der Waals surface area contributed by atoms with Crippen molar-refractivity contribution >= 4 is 17.9 Å². The van der Waals surface area contributed by atoms with Crippen LogP contribution in [-0.2, 0) is 4.74 Å². The Bertz CT molecular complexity index is 1400. The molecule has 0 amide bonds. The predicted molar refractivity (Wildman–Crippen MR) is 119 cm³/mol. The maximum absolute atomic E-state index is 12.8. The second-order valence-electron chi connectivity index (χ2n) is 7.80. The lowest BCUT2D eigenvalue weighted by Crippen LogP contribution is -2.39. The van der Waals surface area contributed by atoms with Gasteiger partial charge in [0.2, 0.25) is 0 Å². The van der Waals surface area contributed by atoms with E-state index in [1.165, 1.54) is 0 Å². The smallest absolute Gasteiger partial charge is 0.344 e. The molecule has 31 heavy (non-hydrogen) atoms. The van der Waals surface area contributed by atoms with Gasteiger partial charge in [0.25, 0.3) is 0 Å². The summed E-state index contributed by atoms with van der Waals surface area (Å²) in [5, 5.41) is 14.1. The summed E-state index contributed by atoms with van der Waals surface area (Å²) in [6.07, 6.45) is 3.61. The van der Waals surface area contributed by atoms with Crippen LogP contribution in [0.2, 0.25) is 0 Å². The van der Waals surface area contributed by atoms with Crippen molar-refractivity contribution in [2.75, 3.05) is 0 Å². The summed E-state index contributed by atoms with van der Waals surface area (Å²) in [5.41, 5.74) is 4.57. The van der Waals surface area contributed by atoms with Gasteiger partial charge in [-0.15, -0.1) is 0 Å². The Hall–Kier alpha value is -3.86. The molecule has 1 aromatic heterocycles. The van der Waals surface area contributed by atoms with Gasteiger partial charge in [-0.1, -0.05) is 71.9 Å². The van der Waals surface area contributed by atoms with Crippen molar-refractivity contribution in [3.05, 3.63) is 104 Å². The molecule has 0 radical (unpaired) electrons. The highest BCUT2D eigenvalue weighted by Crippen LogP contribution is 2.36. The number of hydrogen-bond acceptors (Lipinski definition) is 5. The number of nitrogens with zero attached hydrogens (tertiary/aromatic N) is 1. The van der Waals surface area contributed by atoms with Crippen LogP contribution >= 0.6 is 0 Å². The van der Waals surface area contributed by atoms with E-state index in [-0.39, 0.29) is 17.6 Å². The first kappa shape index (κ1) is 19.1. The van der Waals surface area contributed by atoms with Crippen molar-refractivity contribution in [3.63, 3.8) is 0 Å². The molecule has 0 saturated heterocycles. The zero-order chi connectivity index (χ0) is 21.5. The molecule has 1 aliphatic heterocycles. The molecule has 2 heterocycles. The Morgan fingerprint density at radius 3 is 2.32 bits per heavy atom. The van der Waals surface area contributed by atoms with Gasteiger partial charge in [0, 0.05) is 22.8 Å². The Morgan fingerprint density at radius 2 is 1.65 bits per heavy atom. The molecular formula is C26H21NO4. The lowest BCUT2D eigenvalue weighted by atomic mass is 9.89. The predicted octanol–water partition coefficient (Wildman–Crippen LogP) is 3.36. The van der Waals surface area contributed by atoms with E-state index in [9.17, 15) is 10.0 Å². The fourth-order valence-electron chi connectivity index (χ4n) is 4.41. The maximum atomic E-state index is 12.8. The van der Waals surface area contributed by atoms with Crippen molar-refractivity contribution in [2.24, 2.45) is 11.1 Å². The second kappa shape index (κ2) is 7.43. The number of oxime groups is 1. The fraction of sp³-hybridized carbons (Fsp3) is 0.154. The van der Waals surface area contributed by atoms with Crippen LogP contribution in [0.1, 0.15) is 18.1 Å². The number of fused-ring (bicyclic) bond motifs is 2. The zero-order valence-corrected chi connectivity index (χ0v) is 17.2. The zero-order valence-electron chi connectivity index (χ0n) is 17.2. The quantitative estimate of drug-likeness (QED) is 0.408. The standard InChI is InChI=1S/C26H21NO4/c1-15-19-13-20-16(2)25(24(27-29)18-11-7-4-8-12-18)30-21(20)14-22(19)31-26(28)23(15)17-9-5-3-6-10-17/h3-14,20-21,29H,1-2H3/b27-24-/t20-,21-/m1/s1. The first-order valence-corrected chi connectivity index (χ1v) is 10.2. The van der Waals surface area contributed by atoms with Crippen LogP contribution in [0.4, 0.5) is 0 Å². The molecule has 1 N–H and O–H groups in total. The summed E-state index contributed by atoms with van der Waals surface area (Å²) in [6, 6.07) is 19.0. The molecule has 2 aromatic carbocycles. The van der Waals surface area contributed by atoms with Crippen LogP contribution in [0.25, 0.3) is 23.3 Å². The lowest BCUT2D eigenvalue weighted by Gasteiger charge is -2.18. The van der Waals surface area contributed by atoms with Crippen LogP contribution < -0.4 is 16.3 Å². The molecule has 0 unspecified atom stereocenters. The van der Waals surface area contributed by atoms with E-state index in [1.54, 1.807) is 0 Å². The molecular weight excluding hydrogens is 390 g/mol. The summed E-state index contributed by atoms with van der Waals surface area (Å²) in [4.78, 5) is 12.8. The first-order valence-electron chi connectivity index (χ1n) is 10.2. The van der Waals surface area contributed by atoms with Gasteiger partial charge in [-0.3, -0.25) is 0 Å². The highest BCUT2D eigenvalue weighted by Gasteiger charge is 2.36. The molecule has 154 valence electrons.